The smallest absolute Gasteiger partial charge is 0.100 e. The minimum absolute atomic E-state index is 0.306. The number of hydrogen-bond acceptors (Lipinski definition) is 0. The minimum atomic E-state index is -0.614. The van der Waals surface area contributed by atoms with Crippen LogP contribution in [0.3, 0.4) is 0 Å². The standard InChI is InChI=1S/C9H19F.CH3F/c1-4-6-7-9(5-2)8(3)10;1-2/h8-9H,4-7H2,1-3H3;1H3. The van der Waals surface area contributed by atoms with Gasteiger partial charge in [-0.25, -0.2) is 4.39 Å². The lowest BCUT2D eigenvalue weighted by Gasteiger charge is -2.14. The Morgan fingerprint density at radius 2 is 1.67 bits per heavy atom. The van der Waals surface area contributed by atoms with E-state index >= 15 is 0 Å². The van der Waals surface area contributed by atoms with E-state index in [1.807, 2.05) is 0 Å². The van der Waals surface area contributed by atoms with Crippen molar-refractivity contribution in [3.63, 3.8) is 0 Å². The van der Waals surface area contributed by atoms with E-state index in [1.54, 1.807) is 6.92 Å². The third-order valence-electron chi connectivity index (χ3n) is 2.10. The summed E-state index contributed by atoms with van der Waals surface area (Å²) in [6, 6.07) is 0. The van der Waals surface area contributed by atoms with E-state index in [0.29, 0.717) is 13.1 Å². The first-order valence-corrected chi connectivity index (χ1v) is 4.74. The monoisotopic (exact) mass is 180 g/mol. The molecular weight excluding hydrogens is 158 g/mol. The van der Waals surface area contributed by atoms with Crippen molar-refractivity contribution in [3.05, 3.63) is 0 Å². The Bertz CT molecular complexity index is 72.2. The first-order chi connectivity index (χ1) is 5.72. The van der Waals surface area contributed by atoms with Crippen LogP contribution in [0.4, 0.5) is 8.78 Å². The summed E-state index contributed by atoms with van der Waals surface area (Å²) < 4.78 is 22.2. The van der Waals surface area contributed by atoms with Gasteiger partial charge in [0, 0.05) is 0 Å². The zero-order valence-corrected chi connectivity index (χ0v) is 8.74. The fraction of sp³-hybridized carbons (Fsp3) is 1.00. The third-order valence-corrected chi connectivity index (χ3v) is 2.10. The van der Waals surface area contributed by atoms with E-state index in [0.717, 1.165) is 12.8 Å². The first kappa shape index (κ1) is 14.4. The second kappa shape index (κ2) is 10.9. The SMILES string of the molecule is CCCCC(CC)C(C)F.CF. The van der Waals surface area contributed by atoms with Crippen molar-refractivity contribution in [1.82, 2.24) is 0 Å². The number of rotatable bonds is 5. The molecule has 0 amide bonds. The van der Waals surface area contributed by atoms with E-state index < -0.39 is 6.17 Å². The number of unbranched alkanes of at least 4 members (excludes halogenated alkanes) is 1. The minimum Gasteiger partial charge on any atom is -0.255 e. The number of halogens is 2. The molecule has 2 heteroatoms. The molecule has 0 radical (unpaired) electrons. The van der Waals surface area contributed by atoms with Crippen LogP contribution in [0.25, 0.3) is 0 Å². The molecule has 0 bridgehead atoms. The summed E-state index contributed by atoms with van der Waals surface area (Å²) in [7, 11) is 0.500. The Morgan fingerprint density at radius 1 is 1.17 bits per heavy atom. The first-order valence-electron chi connectivity index (χ1n) is 4.74. The third kappa shape index (κ3) is 7.96. The van der Waals surface area contributed by atoms with Crippen molar-refractivity contribution in [2.45, 2.75) is 52.6 Å². The molecule has 0 N–H and O–H groups in total. The molecule has 76 valence electrons. The molecule has 0 aromatic carbocycles. The van der Waals surface area contributed by atoms with Crippen LogP contribution in [0, 0.1) is 5.92 Å². The largest absolute Gasteiger partial charge is 0.255 e. The zero-order chi connectivity index (χ0) is 9.98. The predicted octanol–water partition coefficient (Wildman–Crippen LogP) is 4.15. The molecule has 0 aromatic heterocycles. The van der Waals surface area contributed by atoms with Gasteiger partial charge in [0.2, 0.25) is 0 Å². The van der Waals surface area contributed by atoms with E-state index in [1.165, 1.54) is 12.8 Å². The summed E-state index contributed by atoms with van der Waals surface area (Å²) in [6.45, 7) is 5.88. The highest BCUT2D eigenvalue weighted by atomic mass is 19.1. The normalized spacial score (nSPS) is 14.5. The Morgan fingerprint density at radius 3 is 1.92 bits per heavy atom. The summed E-state index contributed by atoms with van der Waals surface area (Å²) in [5.74, 6) is 0.306. The summed E-state index contributed by atoms with van der Waals surface area (Å²) in [5, 5.41) is 0. The van der Waals surface area contributed by atoms with Crippen molar-refractivity contribution < 1.29 is 8.78 Å². The highest BCUT2D eigenvalue weighted by Gasteiger charge is 2.12. The molecule has 0 aliphatic carbocycles. The van der Waals surface area contributed by atoms with Crippen LogP contribution >= 0.6 is 0 Å². The Labute approximate surface area is 75.4 Å². The Hall–Kier alpha value is -0.140. The van der Waals surface area contributed by atoms with Crippen LogP contribution in [0.15, 0.2) is 0 Å². The van der Waals surface area contributed by atoms with Gasteiger partial charge in [-0.15, -0.1) is 0 Å². The maximum atomic E-state index is 12.7. The summed E-state index contributed by atoms with van der Waals surface area (Å²) in [6.07, 6.45) is 3.79. The average molecular weight is 180 g/mol. The van der Waals surface area contributed by atoms with Gasteiger partial charge in [-0.05, 0) is 19.3 Å². The van der Waals surface area contributed by atoms with Gasteiger partial charge in [-0.2, -0.15) is 0 Å². The molecule has 0 saturated carbocycles. The molecule has 0 aliphatic heterocycles. The van der Waals surface area contributed by atoms with Crippen molar-refractivity contribution in [1.29, 1.82) is 0 Å². The van der Waals surface area contributed by atoms with E-state index in [4.69, 9.17) is 0 Å². The van der Waals surface area contributed by atoms with Gasteiger partial charge in [0.15, 0.2) is 0 Å². The molecule has 0 heterocycles. The molecule has 2 unspecified atom stereocenters. The van der Waals surface area contributed by atoms with Crippen LogP contribution < -0.4 is 0 Å². The molecule has 0 fully saturated rings. The van der Waals surface area contributed by atoms with Gasteiger partial charge in [-0.1, -0.05) is 33.1 Å². The van der Waals surface area contributed by atoms with Crippen molar-refractivity contribution >= 4 is 0 Å². The highest BCUT2D eigenvalue weighted by molar-refractivity contribution is 4.62. The van der Waals surface area contributed by atoms with Crippen molar-refractivity contribution in [2.75, 3.05) is 7.18 Å². The maximum absolute atomic E-state index is 12.7. The lowest BCUT2D eigenvalue weighted by molar-refractivity contribution is 0.227. The van der Waals surface area contributed by atoms with E-state index in [2.05, 4.69) is 13.8 Å². The summed E-state index contributed by atoms with van der Waals surface area (Å²) >= 11 is 0. The molecule has 2 atom stereocenters. The topological polar surface area (TPSA) is 0 Å². The van der Waals surface area contributed by atoms with Gasteiger partial charge in [-0.3, -0.25) is 4.39 Å². The lowest BCUT2D eigenvalue weighted by atomic mass is 9.95. The predicted molar refractivity (Wildman–Crippen MR) is 50.9 cm³/mol. The molecular formula is C10H22F2. The van der Waals surface area contributed by atoms with Gasteiger partial charge < -0.3 is 0 Å². The van der Waals surface area contributed by atoms with Crippen LogP contribution in [-0.4, -0.2) is 13.3 Å². The molecule has 0 spiro atoms. The second-order valence-electron chi connectivity index (χ2n) is 2.99. The van der Waals surface area contributed by atoms with E-state index in [-0.39, 0.29) is 0 Å². The van der Waals surface area contributed by atoms with E-state index in [9.17, 15) is 8.78 Å². The van der Waals surface area contributed by atoms with Gasteiger partial charge in [0.25, 0.3) is 0 Å². The number of alkyl halides is 2. The Balaban J connectivity index is 0. The number of hydrogen-bond donors (Lipinski definition) is 0. The van der Waals surface area contributed by atoms with Crippen LogP contribution in [-0.2, 0) is 0 Å². The van der Waals surface area contributed by atoms with Gasteiger partial charge in [0.1, 0.15) is 6.17 Å². The molecule has 0 aliphatic rings. The summed E-state index contributed by atoms with van der Waals surface area (Å²) in [4.78, 5) is 0. The van der Waals surface area contributed by atoms with Crippen LogP contribution in [0.2, 0.25) is 0 Å². The fourth-order valence-corrected chi connectivity index (χ4v) is 1.22. The quantitative estimate of drug-likeness (QED) is 0.596. The Kier molecular flexibility index (Phi) is 13.0. The van der Waals surface area contributed by atoms with Crippen LogP contribution in [0.5, 0.6) is 0 Å². The average Bonchev–Trinajstić information content (AvgIpc) is 2.09. The molecule has 0 nitrogen and oxygen atoms in total. The lowest BCUT2D eigenvalue weighted by Crippen LogP contribution is -2.10. The second-order valence-corrected chi connectivity index (χ2v) is 2.99. The van der Waals surface area contributed by atoms with Crippen molar-refractivity contribution in [2.24, 2.45) is 5.92 Å². The van der Waals surface area contributed by atoms with Crippen LogP contribution in [0.1, 0.15) is 46.5 Å². The zero-order valence-electron chi connectivity index (χ0n) is 8.74. The molecule has 0 saturated heterocycles. The van der Waals surface area contributed by atoms with Gasteiger partial charge >= 0.3 is 0 Å². The van der Waals surface area contributed by atoms with Gasteiger partial charge in [0.05, 0.1) is 7.18 Å². The highest BCUT2D eigenvalue weighted by Crippen LogP contribution is 2.18. The van der Waals surface area contributed by atoms with Crippen molar-refractivity contribution in [3.8, 4) is 0 Å². The fourth-order valence-electron chi connectivity index (χ4n) is 1.22. The summed E-state index contributed by atoms with van der Waals surface area (Å²) in [5.41, 5.74) is 0. The molecule has 12 heavy (non-hydrogen) atoms. The maximum Gasteiger partial charge on any atom is 0.100 e. The molecule has 0 aromatic rings. The molecule has 0 rings (SSSR count).